The van der Waals surface area contributed by atoms with Crippen molar-refractivity contribution in [1.82, 2.24) is 42.2 Å². The highest BCUT2D eigenvalue weighted by Gasteiger charge is 2.36. The number of aliphatic hydroxyl groups excluding tert-OH is 2. The number of guanidine groups is 1. The highest BCUT2D eigenvalue weighted by Crippen LogP contribution is 2.22. The number of phenolic OH excluding ortho intramolecular Hbond substituents is 1. The predicted octanol–water partition coefficient (Wildman–Crippen LogP) is -0.0822. The van der Waals surface area contributed by atoms with Gasteiger partial charge in [0.25, 0.3) is 0 Å². The molecule has 86 heavy (non-hydrogen) atoms. The number of aliphatic imine (C=N–C) groups is 1. The standard InChI is InChI=1S/C60H82N12O14/c1-33(2)22-45(50(77)26-38(14-11-21-65-59(63)64-5)56(83)71-49(55(62)82)25-39-30-66-44-16-10-9-15-42(39)44)72-60(86)67-31-53(80)47(23-36-12-7-6-8-13-36)70-58(85)43(34(3)74)28-52(79)48(29-54(61)81)69-57(84)40(32-73)27-51(78)46(68-35(4)75)24-37-17-19-41(76)20-18-37/h6-10,12-13,15-20,30,33-34,38,40,43,45-49,66,73-74,76H,11,14,21-29,31-32H2,1-5H3,(H2,61,81)(H2,62,82)(H,68,75)(H,69,84)(H,70,85)(H,71,83)(H3,63,64,65)(H2,67,72,86)/t34-,38-,40+,43+,45+,46-,47+,48+,49+/m1/s1. The molecule has 1 heterocycles. The molecule has 0 radical (unpaired) electrons. The number of carbonyl (C=O) groups excluding carboxylic acids is 11. The molecule has 17 N–H and O–H groups in total. The van der Waals surface area contributed by atoms with Crippen LogP contribution in [0, 0.1) is 23.7 Å². The molecule has 0 aliphatic carbocycles. The van der Waals surface area contributed by atoms with Crippen molar-refractivity contribution >= 4 is 81.5 Å². The molecule has 0 spiro atoms. The summed E-state index contributed by atoms with van der Waals surface area (Å²) in [5, 5.41) is 49.8. The van der Waals surface area contributed by atoms with E-state index in [4.69, 9.17) is 17.2 Å². The summed E-state index contributed by atoms with van der Waals surface area (Å²) in [5.41, 5.74) is 19.7. The van der Waals surface area contributed by atoms with Crippen LogP contribution in [0.1, 0.15) is 89.3 Å². The first kappa shape index (κ1) is 69.5. The number of aromatic hydroxyl groups is 1. The summed E-state index contributed by atoms with van der Waals surface area (Å²) < 4.78 is 0. The lowest BCUT2D eigenvalue weighted by atomic mass is 9.90. The van der Waals surface area contributed by atoms with Gasteiger partial charge in [-0.25, -0.2) is 4.79 Å². The van der Waals surface area contributed by atoms with Crippen LogP contribution in [0.4, 0.5) is 4.79 Å². The molecular weight excluding hydrogens is 1110 g/mol. The van der Waals surface area contributed by atoms with Crippen molar-refractivity contribution in [3.63, 3.8) is 0 Å². The van der Waals surface area contributed by atoms with E-state index in [2.05, 4.69) is 47.2 Å². The topological polar surface area (TPSA) is 439 Å². The largest absolute Gasteiger partial charge is 0.508 e. The Morgan fingerprint density at radius 3 is 1.78 bits per heavy atom. The zero-order valence-corrected chi connectivity index (χ0v) is 49.1. The summed E-state index contributed by atoms with van der Waals surface area (Å²) in [4.78, 5) is 155. The van der Waals surface area contributed by atoms with Crippen LogP contribution in [-0.4, -0.2) is 154 Å². The molecule has 9 atom stereocenters. The van der Waals surface area contributed by atoms with Crippen LogP contribution in [0.2, 0.25) is 0 Å². The number of amides is 8. The van der Waals surface area contributed by atoms with Crippen LogP contribution in [0.25, 0.3) is 10.9 Å². The quantitative estimate of drug-likeness (QED) is 0.0160. The number of H-pyrrole nitrogens is 1. The van der Waals surface area contributed by atoms with Gasteiger partial charge in [-0.15, -0.1) is 0 Å². The van der Waals surface area contributed by atoms with E-state index in [0.717, 1.165) is 16.5 Å². The minimum atomic E-state index is -1.72. The average molecular weight is 1200 g/mol. The third kappa shape index (κ3) is 23.2. The Morgan fingerprint density at radius 2 is 1.17 bits per heavy atom. The van der Waals surface area contributed by atoms with Gasteiger partial charge in [-0.1, -0.05) is 74.5 Å². The van der Waals surface area contributed by atoms with Gasteiger partial charge >= 0.3 is 6.03 Å². The van der Waals surface area contributed by atoms with E-state index in [1.54, 1.807) is 36.5 Å². The molecule has 1 aromatic heterocycles. The Hall–Kier alpha value is -9.04. The molecule has 0 unspecified atom stereocenters. The lowest BCUT2D eigenvalue weighted by molar-refractivity contribution is -0.138. The molecule has 8 amide bonds. The number of hydrogen-bond donors (Lipinski definition) is 14. The van der Waals surface area contributed by atoms with Crippen molar-refractivity contribution in [3.8, 4) is 5.75 Å². The molecule has 26 heteroatoms. The second kappa shape index (κ2) is 34.7. The van der Waals surface area contributed by atoms with E-state index in [1.807, 2.05) is 38.1 Å². The fourth-order valence-corrected chi connectivity index (χ4v) is 9.56. The summed E-state index contributed by atoms with van der Waals surface area (Å²) in [5.74, 6) is -12.2. The number of aromatic nitrogens is 1. The van der Waals surface area contributed by atoms with E-state index in [0.29, 0.717) is 17.5 Å². The monoisotopic (exact) mass is 1190 g/mol. The van der Waals surface area contributed by atoms with Gasteiger partial charge in [0.15, 0.2) is 29.1 Å². The average Bonchev–Trinajstić information content (AvgIpc) is 3.88. The number of aliphatic hydroxyl groups is 2. The van der Waals surface area contributed by atoms with Gasteiger partial charge in [0.1, 0.15) is 11.8 Å². The van der Waals surface area contributed by atoms with Crippen LogP contribution >= 0.6 is 0 Å². The predicted molar refractivity (Wildman–Crippen MR) is 318 cm³/mol. The molecule has 3 aromatic carbocycles. The first-order valence-corrected chi connectivity index (χ1v) is 28.3. The summed E-state index contributed by atoms with van der Waals surface area (Å²) in [6.07, 6.45) is -2.01. The first-order valence-electron chi connectivity index (χ1n) is 28.3. The van der Waals surface area contributed by atoms with Gasteiger partial charge in [-0.3, -0.25) is 52.9 Å². The number of fused-ring (bicyclic) bond motifs is 1. The Morgan fingerprint density at radius 1 is 0.605 bits per heavy atom. The number of aromatic amines is 1. The van der Waals surface area contributed by atoms with Crippen LogP contribution in [0.5, 0.6) is 5.75 Å². The number of carbonyl (C=O) groups is 11. The number of para-hydroxylation sites is 1. The Kier molecular flexibility index (Phi) is 28.0. The number of urea groups is 1. The van der Waals surface area contributed by atoms with Gasteiger partial charge < -0.3 is 74.7 Å². The number of nitrogens with one attached hydrogen (secondary N) is 8. The molecule has 4 aromatic rings. The van der Waals surface area contributed by atoms with Gasteiger partial charge in [-0.05, 0) is 79.8 Å². The summed E-state index contributed by atoms with van der Waals surface area (Å²) in [6.45, 7) is 4.67. The zero-order valence-electron chi connectivity index (χ0n) is 49.1. The van der Waals surface area contributed by atoms with Gasteiger partial charge in [-0.2, -0.15) is 0 Å². The molecule has 4 rings (SSSR count). The number of nitrogens with zero attached hydrogens (tertiary/aromatic N) is 1. The van der Waals surface area contributed by atoms with Crippen LogP contribution in [0.15, 0.2) is 90.1 Å². The number of ketones is 4. The molecular formula is C60H82N12O14. The lowest BCUT2D eigenvalue weighted by Crippen LogP contribution is -2.53. The van der Waals surface area contributed by atoms with Crippen molar-refractivity contribution < 1.29 is 68.1 Å². The molecule has 0 aliphatic heterocycles. The Bertz CT molecular complexity index is 3020. The summed E-state index contributed by atoms with van der Waals surface area (Å²) in [6, 6.07) is 14.1. The van der Waals surface area contributed by atoms with Crippen LogP contribution < -0.4 is 54.4 Å². The number of hydrogen-bond acceptors (Lipinski definition) is 15. The summed E-state index contributed by atoms with van der Waals surface area (Å²) in [7, 11) is 1.49. The van der Waals surface area contributed by atoms with Gasteiger partial charge in [0.05, 0.1) is 61.7 Å². The van der Waals surface area contributed by atoms with Crippen LogP contribution in [0.3, 0.4) is 0 Å². The van der Waals surface area contributed by atoms with Gasteiger partial charge in [0, 0.05) is 69.2 Å². The maximum atomic E-state index is 14.2. The molecule has 0 aliphatic rings. The summed E-state index contributed by atoms with van der Waals surface area (Å²) >= 11 is 0. The van der Waals surface area contributed by atoms with Gasteiger partial charge in [0.2, 0.25) is 35.4 Å². The maximum Gasteiger partial charge on any atom is 0.315 e. The van der Waals surface area contributed by atoms with Crippen molar-refractivity contribution in [2.24, 2.45) is 45.9 Å². The Balaban J connectivity index is 1.47. The number of benzene rings is 3. The molecule has 0 saturated heterocycles. The third-order valence-corrected chi connectivity index (χ3v) is 14.3. The molecule has 0 bridgehead atoms. The van der Waals surface area contributed by atoms with Crippen molar-refractivity contribution in [2.45, 2.75) is 128 Å². The smallest absolute Gasteiger partial charge is 0.315 e. The first-order chi connectivity index (χ1) is 40.8. The second-order valence-electron chi connectivity index (χ2n) is 21.7. The highest BCUT2D eigenvalue weighted by molar-refractivity contribution is 5.99. The van der Waals surface area contributed by atoms with E-state index >= 15 is 0 Å². The number of rotatable bonds is 37. The fraction of sp³-hybridized carbons (Fsp3) is 0.467. The second-order valence-corrected chi connectivity index (χ2v) is 21.7. The lowest BCUT2D eigenvalue weighted by Gasteiger charge is -2.26. The van der Waals surface area contributed by atoms with E-state index in [9.17, 15) is 68.1 Å². The zero-order chi connectivity index (χ0) is 63.6. The third-order valence-electron chi connectivity index (χ3n) is 14.3. The highest BCUT2D eigenvalue weighted by atomic mass is 16.3. The number of nitrogens with two attached hydrogens (primary N) is 3. The number of phenols is 1. The van der Waals surface area contributed by atoms with E-state index < -0.39 is 151 Å². The van der Waals surface area contributed by atoms with E-state index in [1.165, 1.54) is 45.2 Å². The molecule has 466 valence electrons. The molecule has 0 saturated carbocycles. The maximum absolute atomic E-state index is 14.2. The Labute approximate surface area is 498 Å². The molecule has 26 nitrogen and oxygen atoms in total. The van der Waals surface area contributed by atoms with Crippen molar-refractivity contribution in [1.29, 1.82) is 0 Å². The van der Waals surface area contributed by atoms with E-state index in [-0.39, 0.29) is 62.7 Å². The number of Topliss-reactive ketones (excluding diaryl/α,β-unsaturated/α-hetero) is 4. The fourth-order valence-electron chi connectivity index (χ4n) is 9.56. The minimum Gasteiger partial charge on any atom is -0.508 e. The SMILES string of the molecule is CN=C(N)NCCC[C@H](CC(=O)[C@H](CC(C)C)NC(=O)NCC(=O)[C@H](Cc1ccccc1)NC(=O)[C@@H](CC(=O)[C@H](CC(N)=O)NC(=O)[C@H](CO)CC(=O)[C@@H](Cc1ccc(O)cc1)NC(C)=O)[C@@H](C)O)C(=O)N[C@@H](Cc1c[nH]c2ccccc12)C(N)=O. The van der Waals surface area contributed by atoms with Crippen molar-refractivity contribution in [3.05, 3.63) is 102 Å². The minimum absolute atomic E-state index is 0.0371. The van der Waals surface area contributed by atoms with Crippen molar-refractivity contribution in [2.75, 3.05) is 26.7 Å². The normalized spacial score (nSPS) is 14.6. The number of primary amides is 2. The van der Waals surface area contributed by atoms with Crippen LogP contribution in [-0.2, 0) is 67.2 Å². The molecule has 0 fully saturated rings.